The summed E-state index contributed by atoms with van der Waals surface area (Å²) >= 11 is 0. The van der Waals surface area contributed by atoms with Gasteiger partial charge < -0.3 is 137 Å². The van der Waals surface area contributed by atoms with E-state index in [0.29, 0.717) is 330 Å². The second-order valence-corrected chi connectivity index (χ2v) is 18.7. The molecule has 8 N–H and O–H groups in total. The lowest BCUT2D eigenvalue weighted by Crippen LogP contribution is -2.32. The summed E-state index contributed by atoms with van der Waals surface area (Å²) in [7, 11) is 0. The van der Waals surface area contributed by atoms with Crippen LogP contribution in [0.1, 0.15) is 19.8 Å². The van der Waals surface area contributed by atoms with Gasteiger partial charge in [-0.3, -0.25) is 4.90 Å². The fourth-order valence-corrected chi connectivity index (χ4v) is 6.86. The maximum Gasteiger partial charge on any atom is 0.104 e. The van der Waals surface area contributed by atoms with E-state index in [1.54, 1.807) is 0 Å². The SMILES string of the molecule is CCCCN(CCOCCOCCOCCOCC(COCCOCCOCCOCCN)OCCOCCOCCOCCN)CCOCCOCCOCCOCC(COCCOCCOCCOCCN)OCCOCCOCCOCCN. The molecule has 29 nitrogen and oxygen atoms in total. The van der Waals surface area contributed by atoms with E-state index in [4.69, 9.17) is 137 Å². The molecular weight excluding hydrogens is 1150 g/mol. The highest BCUT2D eigenvalue weighted by Crippen LogP contribution is 2.01. The Balaban J connectivity index is 4.15. The van der Waals surface area contributed by atoms with Gasteiger partial charge in [0.15, 0.2) is 0 Å². The fourth-order valence-electron chi connectivity index (χ4n) is 6.86. The van der Waals surface area contributed by atoms with Crippen molar-refractivity contribution in [2.75, 3.05) is 350 Å². The monoisotopic (exact) mass is 1270 g/mol. The first-order chi connectivity index (χ1) is 43.2. The molecule has 0 aromatic heterocycles. The zero-order valence-electron chi connectivity index (χ0n) is 53.6. The Morgan fingerprint density at radius 3 is 0.575 bits per heavy atom. The normalized spacial score (nSPS) is 12.6. The molecule has 29 heteroatoms. The number of unbranched alkanes of at least 4 members (excludes halogenated alkanes) is 1. The van der Waals surface area contributed by atoms with Gasteiger partial charge in [0, 0.05) is 39.3 Å². The average Bonchev–Trinajstić information content (AvgIpc) is 3.55. The van der Waals surface area contributed by atoms with Gasteiger partial charge in [-0.25, -0.2) is 0 Å². The Morgan fingerprint density at radius 2 is 0.379 bits per heavy atom. The summed E-state index contributed by atoms with van der Waals surface area (Å²) in [5.74, 6) is 0. The smallest absolute Gasteiger partial charge is 0.104 e. The van der Waals surface area contributed by atoms with Crippen molar-refractivity contribution in [3.05, 3.63) is 0 Å². The number of nitrogens with zero attached hydrogens (tertiary/aromatic N) is 1. The van der Waals surface area contributed by atoms with Gasteiger partial charge >= 0.3 is 0 Å². The predicted molar refractivity (Wildman–Crippen MR) is 325 cm³/mol. The first kappa shape index (κ1) is 85.8. The first-order valence-electron chi connectivity index (χ1n) is 31.7. The minimum absolute atomic E-state index is 0.288. The van der Waals surface area contributed by atoms with Crippen molar-refractivity contribution < 1.29 is 114 Å². The molecule has 2 unspecified atom stereocenters. The van der Waals surface area contributed by atoms with E-state index in [2.05, 4.69) is 11.8 Å². The molecule has 0 aromatic rings. The summed E-state index contributed by atoms with van der Waals surface area (Å²) in [5, 5.41) is 0. The summed E-state index contributed by atoms with van der Waals surface area (Å²) in [5.41, 5.74) is 21.7. The van der Waals surface area contributed by atoms with E-state index in [0.717, 1.165) is 32.5 Å². The van der Waals surface area contributed by atoms with Crippen molar-refractivity contribution >= 4 is 0 Å². The third kappa shape index (κ3) is 73.8. The topological polar surface area (TPSA) is 329 Å². The lowest BCUT2D eigenvalue weighted by atomic mass is 10.3. The first-order valence-corrected chi connectivity index (χ1v) is 31.7. The molecule has 0 rings (SSSR count). The summed E-state index contributed by atoms with van der Waals surface area (Å²) in [4.78, 5) is 2.37. The molecule has 0 radical (unpaired) electrons. The number of rotatable bonds is 81. The number of ether oxygens (including phenoxy) is 24. The molecule has 0 spiro atoms. The Hall–Kier alpha value is -1.16. The molecule has 0 aromatic carbocycles. The molecule has 0 heterocycles. The van der Waals surface area contributed by atoms with E-state index in [1.807, 2.05) is 0 Å². The summed E-state index contributed by atoms with van der Waals surface area (Å²) in [6, 6.07) is 0. The van der Waals surface area contributed by atoms with Crippen molar-refractivity contribution in [3.63, 3.8) is 0 Å². The van der Waals surface area contributed by atoms with Gasteiger partial charge in [0.2, 0.25) is 0 Å². The van der Waals surface area contributed by atoms with Gasteiger partial charge in [0.1, 0.15) is 12.2 Å². The number of nitrogens with two attached hydrogens (primary N) is 4. The van der Waals surface area contributed by atoms with Crippen molar-refractivity contribution in [1.29, 1.82) is 0 Å². The zero-order valence-corrected chi connectivity index (χ0v) is 53.6. The second-order valence-electron chi connectivity index (χ2n) is 18.7. The van der Waals surface area contributed by atoms with E-state index >= 15 is 0 Å². The van der Waals surface area contributed by atoms with Crippen LogP contribution in [0.5, 0.6) is 0 Å². The maximum atomic E-state index is 6.00. The molecule has 0 aliphatic rings. The Bertz CT molecular complexity index is 1150. The van der Waals surface area contributed by atoms with Crippen molar-refractivity contribution in [2.45, 2.75) is 32.0 Å². The molecule has 0 aliphatic heterocycles. The van der Waals surface area contributed by atoms with E-state index in [-0.39, 0.29) is 12.2 Å². The minimum atomic E-state index is -0.288. The van der Waals surface area contributed by atoms with Gasteiger partial charge in [0.25, 0.3) is 0 Å². The summed E-state index contributed by atoms with van der Waals surface area (Å²) < 4.78 is 136. The second kappa shape index (κ2) is 79.1. The van der Waals surface area contributed by atoms with Gasteiger partial charge in [-0.2, -0.15) is 0 Å². The van der Waals surface area contributed by atoms with Crippen LogP contribution in [0.25, 0.3) is 0 Å². The minimum Gasteiger partial charge on any atom is -0.378 e. The summed E-state index contributed by atoms with van der Waals surface area (Å²) in [6.07, 6.45) is 1.65. The Morgan fingerprint density at radius 1 is 0.207 bits per heavy atom. The largest absolute Gasteiger partial charge is 0.378 e. The molecule has 0 fully saturated rings. The molecule has 0 bridgehead atoms. The molecule has 87 heavy (non-hydrogen) atoms. The molecule has 0 saturated carbocycles. The standard InChI is InChI=1S/C58H123N5O24/c1-2-3-8-63(9-15-68-21-27-74-31-35-78-43-47-84-55-57(86-51-49-80-39-37-72-25-19-66-13-6-61)53-82-45-41-76-33-29-70-23-17-64-11-4-59)10-16-69-22-28-75-32-36-79-44-48-85-56-58(87-52-50-81-40-38-73-26-20-67-14-7-62)54-83-46-42-77-34-30-71-24-18-65-12-5-60/h57-58H,2-56,59-62H2,1H3. The van der Waals surface area contributed by atoms with E-state index in [1.165, 1.54) is 0 Å². The average molecular weight is 1270 g/mol. The van der Waals surface area contributed by atoms with Crippen LogP contribution >= 0.6 is 0 Å². The highest BCUT2D eigenvalue weighted by molar-refractivity contribution is 4.59. The Kier molecular flexibility index (Phi) is 78.0. The van der Waals surface area contributed by atoms with Crippen LogP contribution in [0, 0.1) is 0 Å². The van der Waals surface area contributed by atoms with Gasteiger partial charge in [-0.1, -0.05) is 13.3 Å². The van der Waals surface area contributed by atoms with Crippen LogP contribution in [0.2, 0.25) is 0 Å². The fraction of sp³-hybridized carbons (Fsp3) is 1.00. The molecule has 0 aliphatic carbocycles. The highest BCUT2D eigenvalue weighted by Gasteiger charge is 2.13. The molecule has 524 valence electrons. The Labute approximate surface area is 521 Å². The lowest BCUT2D eigenvalue weighted by molar-refractivity contribution is -0.0874. The third-order valence-electron chi connectivity index (χ3n) is 11.3. The van der Waals surface area contributed by atoms with Gasteiger partial charge in [-0.15, -0.1) is 0 Å². The number of hydrogen-bond acceptors (Lipinski definition) is 29. The van der Waals surface area contributed by atoms with E-state index in [9.17, 15) is 0 Å². The van der Waals surface area contributed by atoms with Crippen LogP contribution in [0.3, 0.4) is 0 Å². The van der Waals surface area contributed by atoms with Crippen LogP contribution in [-0.4, -0.2) is 367 Å². The summed E-state index contributed by atoms with van der Waals surface area (Å²) in [6.45, 7) is 28.0. The quantitative estimate of drug-likeness (QED) is 0.0534. The van der Waals surface area contributed by atoms with Crippen molar-refractivity contribution in [3.8, 4) is 0 Å². The van der Waals surface area contributed by atoms with Crippen LogP contribution < -0.4 is 22.9 Å². The van der Waals surface area contributed by atoms with Gasteiger partial charge in [0.05, 0.1) is 304 Å². The zero-order chi connectivity index (χ0) is 62.6. The van der Waals surface area contributed by atoms with Crippen LogP contribution in [0.15, 0.2) is 0 Å². The predicted octanol–water partition coefficient (Wildman–Crippen LogP) is -0.941. The van der Waals surface area contributed by atoms with Gasteiger partial charge in [-0.05, 0) is 13.0 Å². The van der Waals surface area contributed by atoms with Crippen LogP contribution in [0.4, 0.5) is 0 Å². The van der Waals surface area contributed by atoms with Crippen molar-refractivity contribution in [2.24, 2.45) is 22.9 Å². The molecule has 0 amide bonds. The molecule has 2 atom stereocenters. The van der Waals surface area contributed by atoms with E-state index < -0.39 is 0 Å². The third-order valence-corrected chi connectivity index (χ3v) is 11.3. The van der Waals surface area contributed by atoms with Crippen LogP contribution in [-0.2, 0) is 114 Å². The lowest BCUT2D eigenvalue weighted by Gasteiger charge is -2.22. The molecular formula is C58H123N5O24. The highest BCUT2D eigenvalue weighted by atomic mass is 16.6. The maximum absolute atomic E-state index is 6.00. The number of hydrogen-bond donors (Lipinski definition) is 4. The van der Waals surface area contributed by atoms with Crippen molar-refractivity contribution in [1.82, 2.24) is 4.90 Å². The molecule has 0 saturated heterocycles.